The lowest BCUT2D eigenvalue weighted by Crippen LogP contribution is -2.54. The Kier molecular flexibility index (Phi) is 7.56. The molecule has 1 amide bonds. The van der Waals surface area contributed by atoms with Gasteiger partial charge in [0.15, 0.2) is 0 Å². The number of morpholine rings is 1. The monoisotopic (exact) mass is 351 g/mol. The van der Waals surface area contributed by atoms with Crippen molar-refractivity contribution >= 4 is 5.91 Å². The minimum absolute atomic E-state index is 0.0998. The number of amides is 1. The lowest BCUT2D eigenvalue weighted by atomic mass is 9.90. The van der Waals surface area contributed by atoms with Crippen LogP contribution in [0.1, 0.15) is 70.6 Å². The van der Waals surface area contributed by atoms with Crippen LogP contribution in [-0.4, -0.2) is 61.8 Å². The molecule has 0 unspecified atom stereocenters. The molecule has 3 fully saturated rings. The van der Waals surface area contributed by atoms with E-state index in [1.54, 1.807) is 0 Å². The van der Waals surface area contributed by atoms with Gasteiger partial charge in [0.1, 0.15) is 0 Å². The lowest BCUT2D eigenvalue weighted by molar-refractivity contribution is -0.125. The molecule has 25 heavy (non-hydrogen) atoms. The van der Waals surface area contributed by atoms with E-state index in [2.05, 4.69) is 15.5 Å². The molecule has 5 nitrogen and oxygen atoms in total. The molecular formula is C20H37N3O2. The van der Waals surface area contributed by atoms with Crippen LogP contribution in [-0.2, 0) is 9.53 Å². The molecule has 3 rings (SSSR count). The van der Waals surface area contributed by atoms with Crippen molar-refractivity contribution in [2.75, 3.05) is 39.4 Å². The van der Waals surface area contributed by atoms with Crippen molar-refractivity contribution in [2.45, 2.75) is 82.2 Å². The van der Waals surface area contributed by atoms with Gasteiger partial charge in [-0.15, -0.1) is 0 Å². The molecule has 1 heterocycles. The first kappa shape index (κ1) is 19.1. The molecule has 3 aliphatic rings. The van der Waals surface area contributed by atoms with Crippen molar-refractivity contribution < 1.29 is 9.53 Å². The Morgan fingerprint density at radius 2 is 1.64 bits per heavy atom. The summed E-state index contributed by atoms with van der Waals surface area (Å²) in [6.07, 6.45) is 13.6. The predicted molar refractivity (Wildman–Crippen MR) is 101 cm³/mol. The molecule has 2 saturated carbocycles. The largest absolute Gasteiger partial charge is 0.379 e. The summed E-state index contributed by atoms with van der Waals surface area (Å²) in [6.45, 7) is 5.26. The number of nitrogens with one attached hydrogen (secondary N) is 2. The number of hydrogen-bond donors (Lipinski definition) is 2. The minimum atomic E-state index is 0.0998. The molecule has 0 aromatic carbocycles. The van der Waals surface area contributed by atoms with Crippen LogP contribution in [0.25, 0.3) is 0 Å². The Hall–Kier alpha value is -0.650. The zero-order valence-corrected chi connectivity index (χ0v) is 15.9. The van der Waals surface area contributed by atoms with Crippen LogP contribution in [0.15, 0.2) is 0 Å². The maximum absolute atomic E-state index is 12.6. The second kappa shape index (κ2) is 9.89. The van der Waals surface area contributed by atoms with Crippen LogP contribution in [0.4, 0.5) is 0 Å². The number of nitrogens with zero attached hydrogens (tertiary/aromatic N) is 1. The molecule has 0 radical (unpaired) electrons. The van der Waals surface area contributed by atoms with Crippen molar-refractivity contribution in [3.8, 4) is 0 Å². The van der Waals surface area contributed by atoms with Crippen LogP contribution in [0.3, 0.4) is 0 Å². The van der Waals surface area contributed by atoms with E-state index in [1.165, 1.54) is 64.2 Å². The highest BCUT2D eigenvalue weighted by Crippen LogP contribution is 2.38. The summed E-state index contributed by atoms with van der Waals surface area (Å²) in [5.41, 5.74) is 0.0998. The maximum Gasteiger partial charge on any atom is 0.221 e. The van der Waals surface area contributed by atoms with Gasteiger partial charge >= 0.3 is 0 Å². The standard InChI is InChI=1S/C20H37N3O2/c24-19(22-12-11-21-18-7-3-1-2-4-8-18)17-20(9-5-6-10-20)23-13-15-25-16-14-23/h18,21H,1-17H2,(H,22,24). The van der Waals surface area contributed by atoms with Gasteiger partial charge < -0.3 is 15.4 Å². The van der Waals surface area contributed by atoms with Gasteiger partial charge in [-0.3, -0.25) is 9.69 Å². The van der Waals surface area contributed by atoms with Gasteiger partial charge in [-0.25, -0.2) is 0 Å². The summed E-state index contributed by atoms with van der Waals surface area (Å²) in [5.74, 6) is 0.232. The van der Waals surface area contributed by atoms with Crippen LogP contribution in [0.2, 0.25) is 0 Å². The summed E-state index contributed by atoms with van der Waals surface area (Å²) < 4.78 is 5.50. The zero-order chi connectivity index (χ0) is 17.4. The Bertz CT molecular complexity index is 396. The van der Waals surface area contributed by atoms with Crippen LogP contribution < -0.4 is 10.6 Å². The van der Waals surface area contributed by atoms with E-state index < -0.39 is 0 Å². The van der Waals surface area contributed by atoms with E-state index in [1.807, 2.05) is 0 Å². The van der Waals surface area contributed by atoms with Crippen LogP contribution in [0, 0.1) is 0 Å². The third-order valence-electron chi connectivity index (χ3n) is 6.44. The van der Waals surface area contributed by atoms with Gasteiger partial charge in [0.25, 0.3) is 0 Å². The third kappa shape index (κ3) is 5.66. The van der Waals surface area contributed by atoms with E-state index in [0.717, 1.165) is 39.4 Å². The van der Waals surface area contributed by atoms with E-state index in [0.29, 0.717) is 12.5 Å². The fourth-order valence-electron chi connectivity index (χ4n) is 5.00. The van der Waals surface area contributed by atoms with Crippen LogP contribution in [0.5, 0.6) is 0 Å². The summed E-state index contributed by atoms with van der Waals surface area (Å²) >= 11 is 0. The first-order valence-electron chi connectivity index (χ1n) is 10.6. The second-order valence-corrected chi connectivity index (χ2v) is 8.20. The average Bonchev–Trinajstić information content (AvgIpc) is 2.96. The Balaban J connectivity index is 1.38. The molecule has 5 heteroatoms. The molecule has 0 aromatic heterocycles. The summed E-state index contributed by atoms with van der Waals surface area (Å²) in [4.78, 5) is 15.1. The van der Waals surface area contributed by atoms with Crippen molar-refractivity contribution in [2.24, 2.45) is 0 Å². The first-order valence-corrected chi connectivity index (χ1v) is 10.6. The number of ether oxygens (including phenoxy) is 1. The summed E-state index contributed by atoms with van der Waals surface area (Å²) in [5, 5.41) is 6.81. The fourth-order valence-corrected chi connectivity index (χ4v) is 5.00. The minimum Gasteiger partial charge on any atom is -0.379 e. The predicted octanol–water partition coefficient (Wildman–Crippen LogP) is 2.45. The fraction of sp³-hybridized carbons (Fsp3) is 0.950. The van der Waals surface area contributed by atoms with Gasteiger partial charge in [-0.1, -0.05) is 38.5 Å². The molecule has 1 aliphatic heterocycles. The Morgan fingerprint density at radius 1 is 0.960 bits per heavy atom. The number of carbonyl (C=O) groups excluding carboxylic acids is 1. The van der Waals surface area contributed by atoms with E-state index in [4.69, 9.17) is 4.74 Å². The molecule has 0 atom stereocenters. The van der Waals surface area contributed by atoms with E-state index in [-0.39, 0.29) is 11.4 Å². The molecule has 2 aliphatic carbocycles. The molecular weight excluding hydrogens is 314 g/mol. The summed E-state index contributed by atoms with van der Waals surface area (Å²) in [7, 11) is 0. The average molecular weight is 352 g/mol. The topological polar surface area (TPSA) is 53.6 Å². The molecule has 0 spiro atoms. The quantitative estimate of drug-likeness (QED) is 0.546. The highest BCUT2D eigenvalue weighted by atomic mass is 16.5. The maximum atomic E-state index is 12.6. The Morgan fingerprint density at radius 3 is 2.32 bits per heavy atom. The SMILES string of the molecule is O=C(CC1(N2CCOCC2)CCCC1)NCCNC1CCCCCC1. The first-order chi connectivity index (χ1) is 12.3. The van der Waals surface area contributed by atoms with Gasteiger partial charge in [0, 0.05) is 44.2 Å². The van der Waals surface area contributed by atoms with Crippen molar-refractivity contribution in [1.29, 1.82) is 0 Å². The number of carbonyl (C=O) groups is 1. The number of hydrogen-bond acceptors (Lipinski definition) is 4. The highest BCUT2D eigenvalue weighted by Gasteiger charge is 2.41. The molecule has 0 bridgehead atoms. The van der Waals surface area contributed by atoms with Crippen molar-refractivity contribution in [1.82, 2.24) is 15.5 Å². The Labute approximate surface area is 153 Å². The van der Waals surface area contributed by atoms with Gasteiger partial charge in [-0.05, 0) is 25.7 Å². The third-order valence-corrected chi connectivity index (χ3v) is 6.44. The second-order valence-electron chi connectivity index (χ2n) is 8.20. The molecule has 1 saturated heterocycles. The van der Waals surface area contributed by atoms with E-state index in [9.17, 15) is 4.79 Å². The lowest BCUT2D eigenvalue weighted by Gasteiger charge is -2.43. The van der Waals surface area contributed by atoms with Gasteiger partial charge in [0.05, 0.1) is 13.2 Å². The normalized spacial score (nSPS) is 25.6. The highest BCUT2D eigenvalue weighted by molar-refractivity contribution is 5.77. The summed E-state index contributed by atoms with van der Waals surface area (Å²) in [6, 6.07) is 0.661. The molecule has 144 valence electrons. The van der Waals surface area contributed by atoms with E-state index >= 15 is 0 Å². The van der Waals surface area contributed by atoms with Crippen LogP contribution >= 0.6 is 0 Å². The smallest absolute Gasteiger partial charge is 0.221 e. The van der Waals surface area contributed by atoms with Crippen molar-refractivity contribution in [3.05, 3.63) is 0 Å². The number of rotatable bonds is 7. The van der Waals surface area contributed by atoms with Crippen molar-refractivity contribution in [3.63, 3.8) is 0 Å². The zero-order valence-electron chi connectivity index (χ0n) is 15.9. The molecule has 2 N–H and O–H groups in total. The van der Waals surface area contributed by atoms with Gasteiger partial charge in [0.2, 0.25) is 5.91 Å². The van der Waals surface area contributed by atoms with Gasteiger partial charge in [-0.2, -0.15) is 0 Å². The molecule has 0 aromatic rings.